The van der Waals surface area contributed by atoms with Crippen LogP contribution in [-0.2, 0) is 16.6 Å². The highest BCUT2D eigenvalue weighted by atomic mass is 32.2. The van der Waals surface area contributed by atoms with Gasteiger partial charge in [-0.3, -0.25) is 14.5 Å². The van der Waals surface area contributed by atoms with Gasteiger partial charge in [-0.05, 0) is 96.4 Å². The van der Waals surface area contributed by atoms with E-state index in [1.54, 1.807) is 11.1 Å². The Labute approximate surface area is 257 Å². The van der Waals surface area contributed by atoms with E-state index in [1.807, 2.05) is 13.8 Å². The van der Waals surface area contributed by atoms with E-state index in [0.29, 0.717) is 28.9 Å². The average molecular weight is 628 g/mol. The summed E-state index contributed by atoms with van der Waals surface area (Å²) in [6.07, 6.45) is 5.89. The lowest BCUT2D eigenvalue weighted by molar-refractivity contribution is 0.221. The first-order valence-electron chi connectivity index (χ1n) is 14.8. The molecule has 3 aromatic rings. The summed E-state index contributed by atoms with van der Waals surface area (Å²) in [5, 5.41) is 2.39. The summed E-state index contributed by atoms with van der Waals surface area (Å²) in [5.74, 6) is -0.339. The number of fused-ring (bicyclic) bond motifs is 1. The largest absolute Gasteiger partial charge is 0.351 e. The van der Waals surface area contributed by atoms with Gasteiger partial charge in [0.2, 0.25) is 16.0 Å². The van der Waals surface area contributed by atoms with Gasteiger partial charge in [-0.1, -0.05) is 12.1 Å². The molecule has 1 saturated carbocycles. The molecule has 1 fully saturated rings. The minimum Gasteiger partial charge on any atom is -0.351 e. The van der Waals surface area contributed by atoms with E-state index in [4.69, 9.17) is 4.98 Å². The van der Waals surface area contributed by atoms with Gasteiger partial charge in [0.1, 0.15) is 22.7 Å². The molecule has 1 atom stereocenters. The van der Waals surface area contributed by atoms with E-state index in [2.05, 4.69) is 34.0 Å². The highest BCUT2D eigenvalue weighted by Crippen LogP contribution is 2.35. The number of nitrogens with zero attached hydrogens (tertiary/aromatic N) is 5. The summed E-state index contributed by atoms with van der Waals surface area (Å²) in [6.45, 7) is 5.32. The minimum absolute atomic E-state index is 0.123. The number of carbonyl (C=O) groups is 1. The van der Waals surface area contributed by atoms with Crippen LogP contribution in [0.3, 0.4) is 0 Å². The zero-order valence-corrected chi connectivity index (χ0v) is 26.4. The quantitative estimate of drug-likeness (QED) is 0.304. The molecule has 1 aliphatic carbocycles. The van der Waals surface area contributed by atoms with Crippen LogP contribution in [-0.4, -0.2) is 61.5 Å². The fourth-order valence-corrected chi connectivity index (χ4v) is 6.91. The highest BCUT2D eigenvalue weighted by Gasteiger charge is 2.35. The SMILES string of the molecule is CC(C)N1C(=O)N(c2ccc(NS(=O)(=O)C(C)c3ccc(F)cc3)c(F)c2)Cc2cnc(NC3CCC(N(C)C)CC3)nc21. The van der Waals surface area contributed by atoms with E-state index in [-0.39, 0.29) is 36.0 Å². The van der Waals surface area contributed by atoms with Crippen LogP contribution in [0.5, 0.6) is 0 Å². The summed E-state index contributed by atoms with van der Waals surface area (Å²) in [5.41, 5.74) is 1.07. The number of hydrogen-bond donors (Lipinski definition) is 2. The Bertz CT molecular complexity index is 1610. The lowest BCUT2D eigenvalue weighted by atomic mass is 9.91. The van der Waals surface area contributed by atoms with Gasteiger partial charge < -0.3 is 10.2 Å². The van der Waals surface area contributed by atoms with Gasteiger partial charge in [0.25, 0.3) is 0 Å². The molecule has 1 unspecified atom stereocenters. The van der Waals surface area contributed by atoms with Crippen LogP contribution in [0.1, 0.15) is 62.8 Å². The number of sulfonamides is 1. The van der Waals surface area contributed by atoms with Crippen LogP contribution in [0.15, 0.2) is 48.7 Å². The maximum absolute atomic E-state index is 15.3. The van der Waals surface area contributed by atoms with Gasteiger partial charge in [0.15, 0.2) is 0 Å². The second kappa shape index (κ2) is 12.6. The summed E-state index contributed by atoms with van der Waals surface area (Å²) >= 11 is 0. The monoisotopic (exact) mass is 627 g/mol. The first kappa shape index (κ1) is 31.6. The number of nitrogens with one attached hydrogen (secondary N) is 2. The Morgan fingerprint density at radius 2 is 1.68 bits per heavy atom. The van der Waals surface area contributed by atoms with Crippen molar-refractivity contribution in [1.82, 2.24) is 14.9 Å². The van der Waals surface area contributed by atoms with Crippen molar-refractivity contribution in [1.29, 1.82) is 0 Å². The van der Waals surface area contributed by atoms with E-state index in [9.17, 15) is 17.6 Å². The van der Waals surface area contributed by atoms with Gasteiger partial charge in [0, 0.05) is 35.6 Å². The molecule has 1 aliphatic heterocycles. The second-order valence-electron chi connectivity index (χ2n) is 12.0. The predicted octanol–water partition coefficient (Wildman–Crippen LogP) is 5.90. The Balaban J connectivity index is 1.33. The first-order chi connectivity index (χ1) is 20.8. The molecule has 10 nitrogen and oxygen atoms in total. The lowest BCUT2D eigenvalue weighted by Crippen LogP contribution is -2.51. The predicted molar refractivity (Wildman–Crippen MR) is 168 cm³/mol. The zero-order valence-electron chi connectivity index (χ0n) is 25.6. The van der Waals surface area contributed by atoms with Crippen LogP contribution in [0, 0.1) is 11.6 Å². The summed E-state index contributed by atoms with van der Waals surface area (Å²) in [4.78, 5) is 28.2. The Hall–Kier alpha value is -3.84. The topological polar surface area (TPSA) is 111 Å². The molecule has 1 aromatic heterocycles. The Morgan fingerprint density at radius 1 is 1.00 bits per heavy atom. The number of rotatable bonds is 9. The summed E-state index contributed by atoms with van der Waals surface area (Å²) in [7, 11) is 0.153. The highest BCUT2D eigenvalue weighted by molar-refractivity contribution is 7.92. The number of hydrogen-bond acceptors (Lipinski definition) is 7. The van der Waals surface area contributed by atoms with Crippen LogP contribution in [0.25, 0.3) is 0 Å². The smallest absolute Gasteiger partial charge is 0.330 e. The Kier molecular flexibility index (Phi) is 9.07. The van der Waals surface area contributed by atoms with Crippen molar-refractivity contribution in [2.45, 2.75) is 76.4 Å². The van der Waals surface area contributed by atoms with Crippen LogP contribution >= 0.6 is 0 Å². The molecule has 0 spiro atoms. The van der Waals surface area contributed by atoms with E-state index < -0.39 is 26.9 Å². The fourth-order valence-electron chi connectivity index (χ4n) is 5.74. The second-order valence-corrected chi connectivity index (χ2v) is 14.0. The molecule has 0 bridgehead atoms. The molecule has 44 heavy (non-hydrogen) atoms. The van der Waals surface area contributed by atoms with Crippen LogP contribution in [0.4, 0.5) is 36.7 Å². The third-order valence-electron chi connectivity index (χ3n) is 8.43. The van der Waals surface area contributed by atoms with Crippen molar-refractivity contribution in [3.05, 3.63) is 71.4 Å². The molecule has 2 N–H and O–H groups in total. The number of amides is 2. The van der Waals surface area contributed by atoms with E-state index in [0.717, 1.165) is 31.7 Å². The normalized spacial score (nSPS) is 19.7. The van der Waals surface area contributed by atoms with Gasteiger partial charge in [-0.25, -0.2) is 27.0 Å². The number of aromatic nitrogens is 2. The molecule has 2 aromatic carbocycles. The molecule has 0 radical (unpaired) electrons. The maximum Gasteiger partial charge on any atom is 0.330 e. The minimum atomic E-state index is -4.06. The van der Waals surface area contributed by atoms with E-state index >= 15 is 4.39 Å². The van der Waals surface area contributed by atoms with Crippen molar-refractivity contribution >= 4 is 39.2 Å². The van der Waals surface area contributed by atoms with Gasteiger partial charge in [-0.2, -0.15) is 4.98 Å². The maximum atomic E-state index is 15.3. The summed E-state index contributed by atoms with van der Waals surface area (Å²) in [6, 6.07) is 9.20. The number of benzene rings is 2. The molecule has 13 heteroatoms. The lowest BCUT2D eigenvalue weighted by Gasteiger charge is -2.38. The molecular weight excluding hydrogens is 588 g/mol. The fraction of sp³-hybridized carbons (Fsp3) is 0.452. The van der Waals surface area contributed by atoms with E-state index in [1.165, 1.54) is 48.2 Å². The number of carbonyl (C=O) groups excluding carboxylic acids is 1. The number of anilines is 4. The van der Waals surface area contributed by atoms with Crippen molar-refractivity contribution < 1.29 is 22.0 Å². The molecule has 2 amide bonds. The van der Waals surface area contributed by atoms with Crippen molar-refractivity contribution in [2.24, 2.45) is 0 Å². The van der Waals surface area contributed by atoms with Crippen molar-refractivity contribution in [2.75, 3.05) is 33.9 Å². The van der Waals surface area contributed by atoms with Crippen molar-refractivity contribution in [3.63, 3.8) is 0 Å². The van der Waals surface area contributed by atoms with Crippen LogP contribution < -0.4 is 19.8 Å². The van der Waals surface area contributed by atoms with Crippen LogP contribution in [0.2, 0.25) is 0 Å². The van der Waals surface area contributed by atoms with Gasteiger partial charge in [-0.15, -0.1) is 0 Å². The first-order valence-corrected chi connectivity index (χ1v) is 16.3. The van der Waals surface area contributed by atoms with Gasteiger partial charge in [0.05, 0.1) is 12.2 Å². The third kappa shape index (κ3) is 6.63. The molecule has 0 saturated heterocycles. The molecule has 2 heterocycles. The standard InChI is InChI=1S/C31H39F2N7O3S/c1-19(2)40-29-22(17-34-30(36-29)35-24-10-12-25(13-11-24)38(4)5)18-39(31(40)41)26-14-15-28(27(33)16-26)37-44(42,43)20(3)21-6-8-23(32)9-7-21/h6-9,14-17,19-20,24-25,37H,10-13,18H2,1-5H3,(H,34,35,36). The van der Waals surface area contributed by atoms with Crippen molar-refractivity contribution in [3.8, 4) is 0 Å². The third-order valence-corrected chi connectivity index (χ3v) is 10.1. The number of urea groups is 1. The molecule has 5 rings (SSSR count). The zero-order chi connectivity index (χ0) is 31.8. The van der Waals surface area contributed by atoms with Gasteiger partial charge >= 0.3 is 6.03 Å². The molecule has 2 aliphatic rings. The molecular formula is C31H39F2N7O3S. The molecule has 236 valence electrons. The Morgan fingerprint density at radius 3 is 2.30 bits per heavy atom. The summed E-state index contributed by atoms with van der Waals surface area (Å²) < 4.78 is 56.8. The average Bonchev–Trinajstić information content (AvgIpc) is 2.98. The number of halogens is 2.